The highest BCUT2D eigenvalue weighted by Gasteiger charge is 2.65. The molecule has 3 heterocycles. The van der Waals surface area contributed by atoms with E-state index in [4.69, 9.17) is 10.5 Å². The van der Waals surface area contributed by atoms with Crippen molar-refractivity contribution >= 4 is 11.2 Å². The third-order valence-corrected chi connectivity index (χ3v) is 4.25. The van der Waals surface area contributed by atoms with Crippen LogP contribution in [0.2, 0.25) is 0 Å². The number of ether oxygens (including phenoxy) is 1. The average molecular weight is 304 g/mol. The molecule has 1 aliphatic rings. The highest BCUT2D eigenvalue weighted by atomic mass is 16.6. The summed E-state index contributed by atoms with van der Waals surface area (Å²) in [6.45, 7) is 0.766. The molecule has 4 atom stereocenters. The Morgan fingerprint density at radius 3 is 2.82 bits per heavy atom. The molecule has 8 nitrogen and oxygen atoms in total. The first-order valence-electron chi connectivity index (χ1n) is 6.72. The lowest BCUT2D eigenvalue weighted by Crippen LogP contribution is -2.52. The van der Waals surface area contributed by atoms with Crippen molar-refractivity contribution in [2.24, 2.45) is 0 Å². The normalized spacial score (nSPS) is 34.9. The third-order valence-electron chi connectivity index (χ3n) is 4.25. The van der Waals surface area contributed by atoms with E-state index in [9.17, 15) is 20.6 Å². The molecule has 22 heavy (non-hydrogen) atoms. The molecule has 116 valence electrons. The van der Waals surface area contributed by atoms with Gasteiger partial charge < -0.3 is 25.8 Å². The number of aliphatic hydroxyl groups excluding tert-OH is 2. The van der Waals surface area contributed by atoms with Crippen LogP contribution in [0.1, 0.15) is 12.6 Å². The van der Waals surface area contributed by atoms with Crippen LogP contribution in [0.25, 0.3) is 5.52 Å². The lowest BCUT2D eigenvalue weighted by Gasteiger charge is -2.33. The lowest BCUT2D eigenvalue weighted by molar-refractivity contribution is -0.109. The Hall–Kier alpha value is -2.18. The van der Waals surface area contributed by atoms with Gasteiger partial charge in [0.15, 0.2) is 0 Å². The van der Waals surface area contributed by atoms with E-state index >= 15 is 0 Å². The van der Waals surface area contributed by atoms with Gasteiger partial charge in [-0.25, -0.2) is 4.52 Å². The van der Waals surface area contributed by atoms with Crippen molar-refractivity contribution < 1.29 is 20.1 Å². The highest BCUT2D eigenvalue weighted by molar-refractivity contribution is 5.70. The summed E-state index contributed by atoms with van der Waals surface area (Å²) in [6.07, 6.45) is -1.05. The SMILES string of the molecule is C[C@@]1(O)[C@H](O)[C@@H](CO)O[C@@]1(C#N)c1ccc2c(N)ccnn12. The van der Waals surface area contributed by atoms with Crippen LogP contribution in [0.3, 0.4) is 0 Å². The number of anilines is 1. The second-order valence-corrected chi connectivity index (χ2v) is 5.53. The maximum atomic E-state index is 10.7. The molecular formula is C14H16N4O4. The van der Waals surface area contributed by atoms with E-state index in [1.165, 1.54) is 17.6 Å². The maximum Gasteiger partial charge on any atom is 0.228 e. The first kappa shape index (κ1) is 14.7. The molecule has 1 saturated heterocycles. The topological polar surface area (TPSA) is 137 Å². The fraction of sp³-hybridized carbons (Fsp3) is 0.429. The number of nitriles is 1. The van der Waals surface area contributed by atoms with Crippen molar-refractivity contribution in [3.05, 3.63) is 30.1 Å². The van der Waals surface area contributed by atoms with Gasteiger partial charge in [0.1, 0.15) is 23.9 Å². The summed E-state index contributed by atoms with van der Waals surface area (Å²) < 4.78 is 6.94. The first-order chi connectivity index (χ1) is 10.4. The van der Waals surface area contributed by atoms with E-state index in [1.807, 2.05) is 6.07 Å². The molecule has 0 radical (unpaired) electrons. The summed E-state index contributed by atoms with van der Waals surface area (Å²) >= 11 is 0. The van der Waals surface area contributed by atoms with Crippen LogP contribution in [0, 0.1) is 11.3 Å². The fourth-order valence-corrected chi connectivity index (χ4v) is 2.94. The number of hydrogen-bond donors (Lipinski definition) is 4. The smallest absolute Gasteiger partial charge is 0.228 e. The number of nitrogen functional groups attached to an aromatic ring is 1. The van der Waals surface area contributed by atoms with E-state index in [1.54, 1.807) is 18.2 Å². The second kappa shape index (κ2) is 4.66. The Bertz CT molecular complexity index is 766. The number of fused-ring (bicyclic) bond motifs is 1. The second-order valence-electron chi connectivity index (χ2n) is 5.53. The molecule has 0 bridgehead atoms. The minimum absolute atomic E-state index is 0.234. The molecule has 0 spiro atoms. The molecule has 5 N–H and O–H groups in total. The number of nitrogens with two attached hydrogens (primary N) is 1. The van der Waals surface area contributed by atoms with Crippen LogP contribution in [0.4, 0.5) is 5.69 Å². The van der Waals surface area contributed by atoms with Gasteiger partial charge in [-0.3, -0.25) is 0 Å². The predicted octanol–water partition coefficient (Wildman–Crippen LogP) is -0.862. The van der Waals surface area contributed by atoms with E-state index in [0.29, 0.717) is 11.2 Å². The van der Waals surface area contributed by atoms with Gasteiger partial charge in [0.05, 0.1) is 23.5 Å². The molecule has 1 fully saturated rings. The number of aliphatic hydroxyl groups is 3. The number of aromatic nitrogens is 2. The Labute approximate surface area is 126 Å². The fourth-order valence-electron chi connectivity index (χ4n) is 2.94. The molecule has 2 aromatic heterocycles. The highest BCUT2D eigenvalue weighted by Crippen LogP contribution is 2.47. The maximum absolute atomic E-state index is 10.7. The predicted molar refractivity (Wildman–Crippen MR) is 75.5 cm³/mol. The van der Waals surface area contributed by atoms with Crippen molar-refractivity contribution in [3.8, 4) is 6.07 Å². The zero-order valence-corrected chi connectivity index (χ0v) is 11.8. The zero-order chi connectivity index (χ0) is 16.1. The van der Waals surface area contributed by atoms with Crippen molar-refractivity contribution in [1.29, 1.82) is 5.26 Å². The van der Waals surface area contributed by atoms with Crippen molar-refractivity contribution in [3.63, 3.8) is 0 Å². The van der Waals surface area contributed by atoms with Crippen LogP contribution in [-0.4, -0.2) is 49.3 Å². The van der Waals surface area contributed by atoms with Crippen LogP contribution in [0.5, 0.6) is 0 Å². The molecule has 3 rings (SSSR count). The van der Waals surface area contributed by atoms with Gasteiger partial charge in [-0.05, 0) is 25.1 Å². The van der Waals surface area contributed by atoms with Gasteiger partial charge in [0.25, 0.3) is 0 Å². The third kappa shape index (κ3) is 1.62. The van der Waals surface area contributed by atoms with Crippen molar-refractivity contribution in [2.45, 2.75) is 30.3 Å². The molecule has 0 saturated carbocycles. The molecule has 0 unspecified atom stereocenters. The Morgan fingerprint density at radius 2 is 2.23 bits per heavy atom. The summed E-state index contributed by atoms with van der Waals surface area (Å²) in [6, 6.07) is 6.75. The number of hydrogen-bond acceptors (Lipinski definition) is 7. The molecule has 2 aromatic rings. The van der Waals surface area contributed by atoms with Crippen LogP contribution >= 0.6 is 0 Å². The lowest BCUT2D eigenvalue weighted by atomic mass is 9.80. The van der Waals surface area contributed by atoms with Gasteiger partial charge in [-0.15, -0.1) is 0 Å². The first-order valence-corrected chi connectivity index (χ1v) is 6.72. The Morgan fingerprint density at radius 1 is 1.50 bits per heavy atom. The van der Waals surface area contributed by atoms with Gasteiger partial charge in [0.2, 0.25) is 5.60 Å². The molecule has 0 aliphatic carbocycles. The van der Waals surface area contributed by atoms with Gasteiger partial charge in [-0.1, -0.05) is 0 Å². The van der Waals surface area contributed by atoms with Crippen LogP contribution < -0.4 is 5.73 Å². The summed E-state index contributed by atoms with van der Waals surface area (Å²) in [5.74, 6) is 0. The summed E-state index contributed by atoms with van der Waals surface area (Å²) in [4.78, 5) is 0. The quantitative estimate of drug-likeness (QED) is 0.566. The minimum atomic E-state index is -1.93. The number of nitrogens with zero attached hydrogens (tertiary/aromatic N) is 3. The van der Waals surface area contributed by atoms with Crippen LogP contribution in [-0.2, 0) is 10.3 Å². The summed E-state index contributed by atoms with van der Waals surface area (Å²) in [7, 11) is 0. The molecule has 0 aromatic carbocycles. The monoisotopic (exact) mass is 304 g/mol. The van der Waals surface area contributed by atoms with Gasteiger partial charge >= 0.3 is 0 Å². The number of rotatable bonds is 2. The molecule has 8 heteroatoms. The average Bonchev–Trinajstić information content (AvgIpc) is 3.01. The van der Waals surface area contributed by atoms with Crippen molar-refractivity contribution in [2.75, 3.05) is 12.3 Å². The van der Waals surface area contributed by atoms with Crippen LogP contribution in [0.15, 0.2) is 24.4 Å². The van der Waals surface area contributed by atoms with E-state index < -0.39 is 30.0 Å². The summed E-state index contributed by atoms with van der Waals surface area (Å²) in [5.41, 5.74) is 3.28. The van der Waals surface area contributed by atoms with E-state index in [-0.39, 0.29) is 5.69 Å². The Balaban J connectivity index is 2.27. The Kier molecular flexibility index (Phi) is 3.12. The van der Waals surface area contributed by atoms with E-state index in [2.05, 4.69) is 5.10 Å². The molecule has 0 amide bonds. The zero-order valence-electron chi connectivity index (χ0n) is 11.8. The van der Waals surface area contributed by atoms with E-state index in [0.717, 1.165) is 0 Å². The van der Waals surface area contributed by atoms with Gasteiger partial charge in [-0.2, -0.15) is 10.4 Å². The largest absolute Gasteiger partial charge is 0.397 e. The molecular weight excluding hydrogens is 288 g/mol. The minimum Gasteiger partial charge on any atom is -0.397 e. The van der Waals surface area contributed by atoms with Gasteiger partial charge in [0, 0.05) is 6.20 Å². The summed E-state index contributed by atoms with van der Waals surface area (Å²) in [5, 5.41) is 44.0. The van der Waals surface area contributed by atoms with Crippen molar-refractivity contribution in [1.82, 2.24) is 9.61 Å². The molecule has 1 aliphatic heterocycles. The standard InChI is InChI=1S/C14H16N4O4/c1-13(21)12(20)10(6-19)22-14(13,7-15)11-3-2-9-8(16)4-5-17-18(9)11/h2-5,10,12,19-21H,6,16H2,1H3/t10-,12-,13-,14+/m1/s1.